The van der Waals surface area contributed by atoms with E-state index in [9.17, 15) is 0 Å². The fraction of sp³-hybridized carbons (Fsp3) is 0.208. The highest BCUT2D eigenvalue weighted by molar-refractivity contribution is 5.86. The molecule has 0 radical (unpaired) electrons. The summed E-state index contributed by atoms with van der Waals surface area (Å²) in [5.74, 6) is 1.90. The summed E-state index contributed by atoms with van der Waals surface area (Å²) in [4.78, 5) is 15.1. The van der Waals surface area contributed by atoms with Crippen molar-refractivity contribution in [3.05, 3.63) is 84.0 Å². The van der Waals surface area contributed by atoms with Gasteiger partial charge in [-0.2, -0.15) is 5.10 Å². The van der Waals surface area contributed by atoms with E-state index in [1.165, 1.54) is 16.7 Å². The van der Waals surface area contributed by atoms with Crippen LogP contribution in [0.25, 0.3) is 22.3 Å². The predicted molar refractivity (Wildman–Crippen MR) is 119 cm³/mol. The average Bonchev–Trinajstić information content (AvgIpc) is 3.57. The lowest BCUT2D eigenvalue weighted by Crippen LogP contribution is -2.15. The van der Waals surface area contributed by atoms with Crippen LogP contribution < -0.4 is 4.90 Å². The molecule has 1 aliphatic rings. The summed E-state index contributed by atoms with van der Waals surface area (Å²) < 4.78 is 7.28. The lowest BCUT2D eigenvalue weighted by molar-refractivity contribution is 0.507. The van der Waals surface area contributed by atoms with Crippen LogP contribution in [0.2, 0.25) is 0 Å². The molecule has 0 saturated carbocycles. The number of imidazole rings is 1. The molecule has 154 valence electrons. The SMILES string of the molecule is Cn1cc(-c2ccc3c(c2)CN(c2ccnc4nc(CCc5ccco5)[nH]c24)C3)cn1. The van der Waals surface area contributed by atoms with Gasteiger partial charge in [0.2, 0.25) is 0 Å². The zero-order chi connectivity index (χ0) is 20.8. The number of fused-ring (bicyclic) bond motifs is 2. The number of anilines is 1. The van der Waals surface area contributed by atoms with Crippen LogP contribution in [-0.2, 0) is 33.0 Å². The van der Waals surface area contributed by atoms with Gasteiger partial charge in [-0.15, -0.1) is 0 Å². The fourth-order valence-electron chi connectivity index (χ4n) is 4.34. The van der Waals surface area contributed by atoms with Gasteiger partial charge in [-0.3, -0.25) is 4.68 Å². The number of H-pyrrole nitrogens is 1. The van der Waals surface area contributed by atoms with E-state index in [-0.39, 0.29) is 0 Å². The number of rotatable bonds is 5. The van der Waals surface area contributed by atoms with Crippen LogP contribution in [0.4, 0.5) is 5.69 Å². The number of hydrogen-bond donors (Lipinski definition) is 1. The first-order valence-electron chi connectivity index (χ1n) is 10.4. The number of aromatic nitrogens is 5. The van der Waals surface area contributed by atoms with Gasteiger partial charge in [-0.1, -0.05) is 12.1 Å². The van der Waals surface area contributed by atoms with Crippen LogP contribution in [0.5, 0.6) is 0 Å². The van der Waals surface area contributed by atoms with Gasteiger partial charge in [0.25, 0.3) is 0 Å². The Morgan fingerprint density at radius 2 is 2.00 bits per heavy atom. The fourth-order valence-corrected chi connectivity index (χ4v) is 4.34. The highest BCUT2D eigenvalue weighted by Crippen LogP contribution is 2.34. The molecule has 1 N–H and O–H groups in total. The summed E-state index contributed by atoms with van der Waals surface area (Å²) in [7, 11) is 1.95. The number of nitrogens with zero attached hydrogens (tertiary/aromatic N) is 5. The summed E-state index contributed by atoms with van der Waals surface area (Å²) in [6.45, 7) is 1.74. The molecule has 0 saturated heterocycles. The molecule has 4 aromatic heterocycles. The summed E-state index contributed by atoms with van der Waals surface area (Å²) in [5, 5.41) is 4.30. The number of pyridine rings is 1. The summed E-state index contributed by atoms with van der Waals surface area (Å²) in [6, 6.07) is 12.7. The van der Waals surface area contributed by atoms with Crippen molar-refractivity contribution in [2.75, 3.05) is 4.90 Å². The number of nitrogens with one attached hydrogen (secondary N) is 1. The van der Waals surface area contributed by atoms with Crippen molar-refractivity contribution in [2.24, 2.45) is 7.05 Å². The van der Waals surface area contributed by atoms with Gasteiger partial charge < -0.3 is 14.3 Å². The van der Waals surface area contributed by atoms with Crippen LogP contribution in [0, 0.1) is 0 Å². The van der Waals surface area contributed by atoms with Crippen molar-refractivity contribution >= 4 is 16.9 Å². The third kappa shape index (κ3) is 3.28. The van der Waals surface area contributed by atoms with Crippen molar-refractivity contribution in [2.45, 2.75) is 25.9 Å². The number of hydrogen-bond acceptors (Lipinski definition) is 5. The summed E-state index contributed by atoms with van der Waals surface area (Å²) >= 11 is 0. The van der Waals surface area contributed by atoms with E-state index in [4.69, 9.17) is 9.40 Å². The highest BCUT2D eigenvalue weighted by Gasteiger charge is 2.23. The molecular formula is C24H22N6O. The van der Waals surface area contributed by atoms with E-state index in [1.807, 2.05) is 36.3 Å². The van der Waals surface area contributed by atoms with E-state index in [2.05, 4.69) is 50.4 Å². The predicted octanol–water partition coefficient (Wildman–Crippen LogP) is 4.26. The second kappa shape index (κ2) is 7.12. The van der Waals surface area contributed by atoms with Gasteiger partial charge in [0.15, 0.2) is 5.65 Å². The standard InChI is InChI=1S/C24H22N6O/c1-29-13-19(12-26-29)16-4-5-17-14-30(15-18(17)11-16)21-8-9-25-24-23(21)27-22(28-24)7-6-20-3-2-10-31-20/h2-5,8-13H,6-7,14-15H2,1H3,(H,25,27,28). The van der Waals surface area contributed by atoms with Crippen molar-refractivity contribution < 1.29 is 4.42 Å². The maximum atomic E-state index is 5.44. The topological polar surface area (TPSA) is 75.8 Å². The molecule has 0 bridgehead atoms. The minimum atomic E-state index is 0.763. The quantitative estimate of drug-likeness (QED) is 0.469. The molecule has 0 atom stereocenters. The van der Waals surface area contributed by atoms with E-state index in [0.29, 0.717) is 0 Å². The number of aromatic amines is 1. The van der Waals surface area contributed by atoms with Gasteiger partial charge in [0, 0.05) is 50.9 Å². The largest absolute Gasteiger partial charge is 0.469 e. The maximum absolute atomic E-state index is 5.44. The van der Waals surface area contributed by atoms with Gasteiger partial charge in [0.05, 0.1) is 18.1 Å². The van der Waals surface area contributed by atoms with Gasteiger partial charge >= 0.3 is 0 Å². The Bertz CT molecular complexity index is 1360. The number of furan rings is 1. The number of aryl methyl sites for hydroxylation is 3. The second-order valence-corrected chi connectivity index (χ2v) is 8.03. The zero-order valence-corrected chi connectivity index (χ0v) is 17.2. The van der Waals surface area contributed by atoms with Gasteiger partial charge in [0.1, 0.15) is 17.1 Å². The Morgan fingerprint density at radius 1 is 1.06 bits per heavy atom. The molecule has 7 heteroatoms. The molecule has 7 nitrogen and oxygen atoms in total. The van der Waals surface area contributed by atoms with E-state index in [0.717, 1.165) is 59.9 Å². The van der Waals surface area contributed by atoms with Gasteiger partial charge in [-0.05, 0) is 41.0 Å². The Kier molecular flexibility index (Phi) is 4.12. The first-order chi connectivity index (χ1) is 15.2. The normalized spacial score (nSPS) is 13.3. The Labute approximate surface area is 179 Å². The maximum Gasteiger partial charge on any atom is 0.179 e. The van der Waals surface area contributed by atoms with E-state index in [1.54, 1.807) is 6.26 Å². The molecule has 6 rings (SSSR count). The summed E-state index contributed by atoms with van der Waals surface area (Å²) in [5.41, 5.74) is 7.95. The van der Waals surface area contributed by atoms with Crippen molar-refractivity contribution in [3.8, 4) is 11.1 Å². The minimum absolute atomic E-state index is 0.763. The lowest BCUT2D eigenvalue weighted by atomic mass is 10.0. The molecule has 0 spiro atoms. The molecule has 0 fully saturated rings. The molecule has 1 aliphatic heterocycles. The monoisotopic (exact) mass is 410 g/mol. The summed E-state index contributed by atoms with van der Waals surface area (Å²) in [6.07, 6.45) is 9.12. The minimum Gasteiger partial charge on any atom is -0.469 e. The molecule has 31 heavy (non-hydrogen) atoms. The molecule has 5 heterocycles. The second-order valence-electron chi connectivity index (χ2n) is 8.03. The average molecular weight is 410 g/mol. The van der Waals surface area contributed by atoms with E-state index < -0.39 is 0 Å². The van der Waals surface area contributed by atoms with Crippen molar-refractivity contribution in [1.29, 1.82) is 0 Å². The zero-order valence-electron chi connectivity index (χ0n) is 17.2. The van der Waals surface area contributed by atoms with Crippen molar-refractivity contribution in [3.63, 3.8) is 0 Å². The molecule has 0 aliphatic carbocycles. The van der Waals surface area contributed by atoms with Crippen LogP contribution in [-0.4, -0.2) is 24.7 Å². The highest BCUT2D eigenvalue weighted by atomic mass is 16.3. The van der Waals surface area contributed by atoms with Crippen LogP contribution >= 0.6 is 0 Å². The lowest BCUT2D eigenvalue weighted by Gasteiger charge is -2.17. The Hall–Kier alpha value is -3.87. The first kappa shape index (κ1) is 17.9. The van der Waals surface area contributed by atoms with Gasteiger partial charge in [-0.25, -0.2) is 9.97 Å². The van der Waals surface area contributed by atoms with Crippen LogP contribution in [0.3, 0.4) is 0 Å². The first-order valence-corrected chi connectivity index (χ1v) is 10.4. The third-order valence-corrected chi connectivity index (χ3v) is 5.92. The molecule has 1 aromatic carbocycles. The Balaban J connectivity index is 1.27. The van der Waals surface area contributed by atoms with E-state index >= 15 is 0 Å². The molecule has 0 unspecified atom stereocenters. The van der Waals surface area contributed by atoms with Crippen LogP contribution in [0.15, 0.2) is 65.7 Å². The molecule has 0 amide bonds. The van der Waals surface area contributed by atoms with Crippen molar-refractivity contribution in [1.82, 2.24) is 24.7 Å². The third-order valence-electron chi connectivity index (χ3n) is 5.92. The number of benzene rings is 1. The van der Waals surface area contributed by atoms with Crippen LogP contribution in [0.1, 0.15) is 22.7 Å². The molecule has 5 aromatic rings. The Morgan fingerprint density at radius 3 is 2.84 bits per heavy atom. The molecular weight excluding hydrogens is 388 g/mol. The smallest absolute Gasteiger partial charge is 0.179 e.